The second-order valence-corrected chi connectivity index (χ2v) is 5.99. The molecular formula is C20H19N3O3. The molecule has 132 valence electrons. The summed E-state index contributed by atoms with van der Waals surface area (Å²) >= 11 is 0. The summed E-state index contributed by atoms with van der Waals surface area (Å²) in [6.45, 7) is 3.42. The van der Waals surface area contributed by atoms with Crippen LogP contribution in [-0.2, 0) is 9.53 Å². The third-order valence-corrected chi connectivity index (χ3v) is 3.96. The third kappa shape index (κ3) is 3.64. The summed E-state index contributed by atoms with van der Waals surface area (Å²) in [5, 5.41) is 4.55. The highest BCUT2D eigenvalue weighted by atomic mass is 16.5. The first-order chi connectivity index (χ1) is 12.5. The fraction of sp³-hybridized carbons (Fsp3) is 0.150. The molecule has 0 fully saturated rings. The predicted octanol–water partition coefficient (Wildman–Crippen LogP) is 2.88. The Kier molecular flexibility index (Phi) is 4.84. The van der Waals surface area contributed by atoms with Gasteiger partial charge in [-0.1, -0.05) is 48.0 Å². The Balaban J connectivity index is 2.05. The summed E-state index contributed by atoms with van der Waals surface area (Å²) in [4.78, 5) is 23.8. The number of hydrogen-bond acceptors (Lipinski definition) is 4. The van der Waals surface area contributed by atoms with E-state index in [9.17, 15) is 9.59 Å². The molecule has 3 aromatic rings. The van der Waals surface area contributed by atoms with Gasteiger partial charge in [-0.25, -0.2) is 9.48 Å². The zero-order valence-corrected chi connectivity index (χ0v) is 14.5. The molecule has 0 saturated carbocycles. The minimum atomic E-state index is -1.02. The van der Waals surface area contributed by atoms with E-state index >= 15 is 0 Å². The SMILES string of the molecule is Cc1ccc(-c2nn(-c3ccccc3)cc2C(=O)O[C@@H](C)C(N)=O)cc1. The fourth-order valence-corrected chi connectivity index (χ4v) is 2.44. The molecule has 0 bridgehead atoms. The first kappa shape index (κ1) is 17.4. The van der Waals surface area contributed by atoms with Crippen molar-refractivity contribution in [2.75, 3.05) is 0 Å². The van der Waals surface area contributed by atoms with Gasteiger partial charge in [0.05, 0.1) is 5.69 Å². The molecule has 1 heterocycles. The molecule has 0 unspecified atom stereocenters. The van der Waals surface area contributed by atoms with E-state index in [4.69, 9.17) is 10.5 Å². The van der Waals surface area contributed by atoms with Crippen molar-refractivity contribution in [3.8, 4) is 16.9 Å². The van der Waals surface area contributed by atoms with E-state index in [0.29, 0.717) is 5.69 Å². The lowest BCUT2D eigenvalue weighted by atomic mass is 10.1. The van der Waals surface area contributed by atoms with E-state index in [2.05, 4.69) is 5.10 Å². The van der Waals surface area contributed by atoms with E-state index in [1.165, 1.54) is 6.92 Å². The lowest BCUT2D eigenvalue weighted by molar-refractivity contribution is -0.125. The molecule has 0 aliphatic rings. The van der Waals surface area contributed by atoms with Gasteiger partial charge in [0.2, 0.25) is 0 Å². The summed E-state index contributed by atoms with van der Waals surface area (Å²) in [5.41, 5.74) is 8.63. The van der Waals surface area contributed by atoms with Crippen molar-refractivity contribution in [2.24, 2.45) is 5.73 Å². The van der Waals surface area contributed by atoms with Crippen LogP contribution in [-0.4, -0.2) is 27.8 Å². The number of rotatable bonds is 5. The minimum absolute atomic E-state index is 0.269. The molecule has 6 heteroatoms. The van der Waals surface area contributed by atoms with Gasteiger partial charge in [-0.05, 0) is 26.0 Å². The fourth-order valence-electron chi connectivity index (χ4n) is 2.44. The van der Waals surface area contributed by atoms with Crippen LogP contribution in [0.3, 0.4) is 0 Å². The van der Waals surface area contributed by atoms with Gasteiger partial charge >= 0.3 is 5.97 Å². The molecule has 0 radical (unpaired) electrons. The summed E-state index contributed by atoms with van der Waals surface area (Å²) < 4.78 is 6.78. The van der Waals surface area contributed by atoms with Crippen molar-refractivity contribution in [1.82, 2.24) is 9.78 Å². The Hall–Kier alpha value is -3.41. The highest BCUT2D eigenvalue weighted by molar-refractivity contribution is 5.97. The third-order valence-electron chi connectivity index (χ3n) is 3.96. The van der Waals surface area contributed by atoms with Crippen molar-refractivity contribution in [2.45, 2.75) is 20.0 Å². The van der Waals surface area contributed by atoms with Crippen molar-refractivity contribution in [3.63, 3.8) is 0 Å². The van der Waals surface area contributed by atoms with Gasteiger partial charge < -0.3 is 10.5 Å². The average molecular weight is 349 g/mol. The Morgan fingerprint density at radius 2 is 1.73 bits per heavy atom. The lowest BCUT2D eigenvalue weighted by Crippen LogP contribution is -2.30. The van der Waals surface area contributed by atoms with E-state index in [-0.39, 0.29) is 5.56 Å². The number of carbonyl (C=O) groups excluding carboxylic acids is 2. The number of nitrogens with two attached hydrogens (primary N) is 1. The number of aromatic nitrogens is 2. The second kappa shape index (κ2) is 7.23. The Morgan fingerprint density at radius 1 is 1.08 bits per heavy atom. The van der Waals surface area contributed by atoms with Gasteiger partial charge in [0.25, 0.3) is 5.91 Å². The minimum Gasteiger partial charge on any atom is -0.449 e. The molecule has 2 N–H and O–H groups in total. The predicted molar refractivity (Wildman–Crippen MR) is 97.8 cm³/mol. The number of para-hydroxylation sites is 1. The molecule has 1 amide bonds. The summed E-state index contributed by atoms with van der Waals surface area (Å²) in [6.07, 6.45) is 0.578. The van der Waals surface area contributed by atoms with Gasteiger partial charge in [-0.3, -0.25) is 4.79 Å². The normalized spacial score (nSPS) is 11.8. The van der Waals surface area contributed by atoms with E-state index < -0.39 is 18.0 Å². The van der Waals surface area contributed by atoms with Crippen molar-refractivity contribution in [1.29, 1.82) is 0 Å². The van der Waals surface area contributed by atoms with Crippen LogP contribution in [0.5, 0.6) is 0 Å². The monoisotopic (exact) mass is 349 g/mol. The van der Waals surface area contributed by atoms with E-state index in [1.807, 2.05) is 61.5 Å². The summed E-state index contributed by atoms with van der Waals surface area (Å²) in [7, 11) is 0. The van der Waals surface area contributed by atoms with Crippen LogP contribution in [0, 0.1) is 6.92 Å². The number of benzene rings is 2. The van der Waals surface area contributed by atoms with E-state index in [1.54, 1.807) is 10.9 Å². The van der Waals surface area contributed by atoms with E-state index in [0.717, 1.165) is 16.8 Å². The smallest absolute Gasteiger partial charge is 0.342 e. The maximum absolute atomic E-state index is 12.6. The number of primary amides is 1. The Morgan fingerprint density at radius 3 is 2.35 bits per heavy atom. The molecule has 1 aromatic heterocycles. The molecule has 0 aliphatic heterocycles. The zero-order valence-electron chi connectivity index (χ0n) is 14.5. The van der Waals surface area contributed by atoms with Crippen LogP contribution in [0.4, 0.5) is 0 Å². The van der Waals surface area contributed by atoms with Crippen LogP contribution >= 0.6 is 0 Å². The molecule has 1 atom stereocenters. The largest absolute Gasteiger partial charge is 0.449 e. The van der Waals surface area contributed by atoms with Crippen molar-refractivity contribution in [3.05, 3.63) is 71.9 Å². The van der Waals surface area contributed by atoms with Crippen LogP contribution in [0.25, 0.3) is 16.9 Å². The molecule has 6 nitrogen and oxygen atoms in total. The maximum atomic E-state index is 12.6. The van der Waals surface area contributed by atoms with Crippen LogP contribution < -0.4 is 5.73 Å². The lowest BCUT2D eigenvalue weighted by Gasteiger charge is -2.09. The molecule has 0 saturated heterocycles. The number of carbonyl (C=O) groups is 2. The quantitative estimate of drug-likeness (QED) is 0.718. The number of ether oxygens (including phenoxy) is 1. The number of nitrogens with zero attached hydrogens (tertiary/aromatic N) is 2. The summed E-state index contributed by atoms with van der Waals surface area (Å²) in [5.74, 6) is -1.35. The van der Waals surface area contributed by atoms with Gasteiger partial charge in [0.15, 0.2) is 6.10 Å². The standard InChI is InChI=1S/C20H19N3O3/c1-13-8-10-15(11-9-13)18-17(20(25)26-14(2)19(21)24)12-23(22-18)16-6-4-3-5-7-16/h3-12,14H,1-2H3,(H2,21,24)/t14-/m0/s1. The van der Waals surface area contributed by atoms with Crippen LogP contribution in [0.2, 0.25) is 0 Å². The maximum Gasteiger partial charge on any atom is 0.342 e. The number of hydrogen-bond donors (Lipinski definition) is 1. The number of aryl methyl sites for hydroxylation is 1. The summed E-state index contributed by atoms with van der Waals surface area (Å²) in [6, 6.07) is 17.1. The van der Waals surface area contributed by atoms with Gasteiger partial charge in [0, 0.05) is 11.8 Å². The molecule has 3 rings (SSSR count). The molecule has 26 heavy (non-hydrogen) atoms. The molecule has 0 aliphatic carbocycles. The topological polar surface area (TPSA) is 87.2 Å². The average Bonchev–Trinajstić information content (AvgIpc) is 3.08. The Bertz CT molecular complexity index is 931. The van der Waals surface area contributed by atoms with Crippen molar-refractivity contribution < 1.29 is 14.3 Å². The highest BCUT2D eigenvalue weighted by Crippen LogP contribution is 2.25. The molecular weight excluding hydrogens is 330 g/mol. The second-order valence-electron chi connectivity index (χ2n) is 5.99. The van der Waals surface area contributed by atoms with Crippen molar-refractivity contribution >= 4 is 11.9 Å². The Labute approximate surface area is 151 Å². The first-order valence-electron chi connectivity index (χ1n) is 8.18. The first-order valence-corrected chi connectivity index (χ1v) is 8.18. The number of esters is 1. The zero-order chi connectivity index (χ0) is 18.7. The molecule has 2 aromatic carbocycles. The van der Waals surface area contributed by atoms with Crippen LogP contribution in [0.1, 0.15) is 22.8 Å². The van der Waals surface area contributed by atoms with Gasteiger partial charge in [-0.15, -0.1) is 0 Å². The molecule has 0 spiro atoms. The van der Waals surface area contributed by atoms with Gasteiger partial charge in [-0.2, -0.15) is 5.10 Å². The van der Waals surface area contributed by atoms with Gasteiger partial charge in [0.1, 0.15) is 11.3 Å². The number of amides is 1. The highest BCUT2D eigenvalue weighted by Gasteiger charge is 2.23. The van der Waals surface area contributed by atoms with Crippen LogP contribution in [0.15, 0.2) is 60.8 Å².